The monoisotopic (exact) mass is 284 g/mol. The number of hydrogen-bond donors (Lipinski definition) is 1. The standard InChI is InChI=1S/C16H13FN2O2/c1-21-15(11-5-3-2-4-6-11)16(20)19-13-7-8-14(17)12(9-13)10-18/h2-9,15H,1H3,(H,19,20). The van der Waals surface area contributed by atoms with Crippen molar-refractivity contribution in [3.8, 4) is 6.07 Å². The average molecular weight is 284 g/mol. The van der Waals surface area contributed by atoms with E-state index in [1.807, 2.05) is 6.07 Å². The van der Waals surface area contributed by atoms with Gasteiger partial charge in [0.25, 0.3) is 5.91 Å². The number of carbonyl (C=O) groups excluding carboxylic acids is 1. The number of nitriles is 1. The van der Waals surface area contributed by atoms with Crippen LogP contribution in [0, 0.1) is 17.1 Å². The highest BCUT2D eigenvalue weighted by molar-refractivity contribution is 5.95. The first kappa shape index (κ1) is 14.7. The van der Waals surface area contributed by atoms with Gasteiger partial charge in [0.15, 0.2) is 6.10 Å². The van der Waals surface area contributed by atoms with E-state index in [0.29, 0.717) is 11.3 Å². The molecule has 2 aromatic rings. The van der Waals surface area contributed by atoms with Crippen molar-refractivity contribution in [2.24, 2.45) is 0 Å². The molecule has 0 radical (unpaired) electrons. The second kappa shape index (κ2) is 6.64. The van der Waals surface area contributed by atoms with Crippen LogP contribution >= 0.6 is 0 Å². The Kier molecular flexibility index (Phi) is 4.64. The smallest absolute Gasteiger partial charge is 0.258 e. The molecule has 0 aliphatic rings. The van der Waals surface area contributed by atoms with E-state index in [9.17, 15) is 9.18 Å². The first-order valence-electron chi connectivity index (χ1n) is 6.24. The van der Waals surface area contributed by atoms with Crippen LogP contribution in [-0.4, -0.2) is 13.0 Å². The highest BCUT2D eigenvalue weighted by Gasteiger charge is 2.20. The summed E-state index contributed by atoms with van der Waals surface area (Å²) in [5, 5.41) is 11.4. The van der Waals surface area contributed by atoms with Gasteiger partial charge in [0.05, 0.1) is 5.56 Å². The van der Waals surface area contributed by atoms with Crippen molar-refractivity contribution in [2.75, 3.05) is 12.4 Å². The van der Waals surface area contributed by atoms with E-state index >= 15 is 0 Å². The van der Waals surface area contributed by atoms with Crippen molar-refractivity contribution in [2.45, 2.75) is 6.10 Å². The Labute approximate surface area is 121 Å². The molecule has 1 unspecified atom stereocenters. The van der Waals surface area contributed by atoms with E-state index in [0.717, 1.165) is 6.07 Å². The zero-order valence-electron chi connectivity index (χ0n) is 11.3. The minimum Gasteiger partial charge on any atom is -0.367 e. The van der Waals surface area contributed by atoms with Gasteiger partial charge in [-0.25, -0.2) is 4.39 Å². The molecular formula is C16H13FN2O2. The lowest BCUT2D eigenvalue weighted by Gasteiger charge is -2.15. The topological polar surface area (TPSA) is 62.1 Å². The Hall–Kier alpha value is -2.71. The number of amides is 1. The summed E-state index contributed by atoms with van der Waals surface area (Å²) in [5.74, 6) is -1.01. The van der Waals surface area contributed by atoms with Gasteiger partial charge in [-0.15, -0.1) is 0 Å². The third-order valence-corrected chi connectivity index (χ3v) is 2.93. The zero-order chi connectivity index (χ0) is 15.2. The van der Waals surface area contributed by atoms with Gasteiger partial charge >= 0.3 is 0 Å². The molecule has 0 aromatic heterocycles. The fourth-order valence-corrected chi connectivity index (χ4v) is 1.92. The summed E-state index contributed by atoms with van der Waals surface area (Å²) in [6.07, 6.45) is -0.776. The van der Waals surface area contributed by atoms with E-state index in [-0.39, 0.29) is 11.5 Å². The lowest BCUT2D eigenvalue weighted by Crippen LogP contribution is -2.22. The van der Waals surface area contributed by atoms with Crippen molar-refractivity contribution in [1.82, 2.24) is 0 Å². The highest BCUT2D eigenvalue weighted by Crippen LogP contribution is 2.20. The third-order valence-electron chi connectivity index (χ3n) is 2.93. The molecular weight excluding hydrogens is 271 g/mol. The Morgan fingerprint density at radius 2 is 2.00 bits per heavy atom. The van der Waals surface area contributed by atoms with Gasteiger partial charge in [0, 0.05) is 12.8 Å². The van der Waals surface area contributed by atoms with E-state index < -0.39 is 11.9 Å². The third kappa shape index (κ3) is 3.44. The lowest BCUT2D eigenvalue weighted by molar-refractivity contribution is -0.126. The molecule has 0 heterocycles. The van der Waals surface area contributed by atoms with Crippen LogP contribution in [0.4, 0.5) is 10.1 Å². The molecule has 2 rings (SSSR count). The van der Waals surface area contributed by atoms with Crippen LogP contribution in [0.25, 0.3) is 0 Å². The average Bonchev–Trinajstić information content (AvgIpc) is 2.51. The van der Waals surface area contributed by atoms with Crippen LogP contribution in [0.2, 0.25) is 0 Å². The minimum atomic E-state index is -0.776. The molecule has 21 heavy (non-hydrogen) atoms. The second-order valence-electron chi connectivity index (χ2n) is 4.32. The zero-order valence-corrected chi connectivity index (χ0v) is 11.3. The van der Waals surface area contributed by atoms with Gasteiger partial charge in [0.2, 0.25) is 0 Å². The number of hydrogen-bond acceptors (Lipinski definition) is 3. The maximum Gasteiger partial charge on any atom is 0.258 e. The maximum atomic E-state index is 13.2. The van der Waals surface area contributed by atoms with Gasteiger partial charge < -0.3 is 10.1 Å². The number of halogens is 1. The lowest BCUT2D eigenvalue weighted by atomic mass is 10.1. The van der Waals surface area contributed by atoms with E-state index in [2.05, 4.69) is 5.32 Å². The van der Waals surface area contributed by atoms with Gasteiger partial charge in [-0.3, -0.25) is 4.79 Å². The summed E-state index contributed by atoms with van der Waals surface area (Å²) in [6.45, 7) is 0. The number of ether oxygens (including phenoxy) is 1. The molecule has 0 saturated carbocycles. The van der Waals surface area contributed by atoms with Gasteiger partial charge in [-0.05, 0) is 23.8 Å². The van der Waals surface area contributed by atoms with Crippen molar-refractivity contribution < 1.29 is 13.9 Å². The molecule has 1 amide bonds. The fourth-order valence-electron chi connectivity index (χ4n) is 1.92. The van der Waals surface area contributed by atoms with Crippen molar-refractivity contribution in [3.63, 3.8) is 0 Å². The molecule has 106 valence electrons. The number of anilines is 1. The molecule has 0 aliphatic carbocycles. The van der Waals surface area contributed by atoms with E-state index in [1.54, 1.807) is 30.3 Å². The highest BCUT2D eigenvalue weighted by atomic mass is 19.1. The first-order chi connectivity index (χ1) is 10.2. The van der Waals surface area contributed by atoms with Crippen molar-refractivity contribution >= 4 is 11.6 Å². The normalized spacial score (nSPS) is 11.5. The Morgan fingerprint density at radius 3 is 2.62 bits per heavy atom. The van der Waals surface area contributed by atoms with Crippen LogP contribution in [0.15, 0.2) is 48.5 Å². The molecule has 0 fully saturated rings. The predicted molar refractivity (Wildman–Crippen MR) is 75.9 cm³/mol. The molecule has 0 spiro atoms. The molecule has 0 bridgehead atoms. The van der Waals surface area contributed by atoms with E-state index in [4.69, 9.17) is 10.00 Å². The molecule has 5 heteroatoms. The fraction of sp³-hybridized carbons (Fsp3) is 0.125. The molecule has 4 nitrogen and oxygen atoms in total. The molecule has 2 aromatic carbocycles. The van der Waals surface area contributed by atoms with Crippen molar-refractivity contribution in [3.05, 3.63) is 65.5 Å². The summed E-state index contributed by atoms with van der Waals surface area (Å²) in [7, 11) is 1.43. The number of nitrogens with one attached hydrogen (secondary N) is 1. The van der Waals surface area contributed by atoms with Gasteiger partial charge in [0.1, 0.15) is 11.9 Å². The Balaban J connectivity index is 2.19. The molecule has 0 aliphatic heterocycles. The Bertz CT molecular complexity index is 680. The Morgan fingerprint density at radius 1 is 1.29 bits per heavy atom. The molecule has 1 atom stereocenters. The first-order valence-corrected chi connectivity index (χ1v) is 6.24. The van der Waals surface area contributed by atoms with Gasteiger partial charge in [-0.2, -0.15) is 5.26 Å². The van der Waals surface area contributed by atoms with Crippen LogP contribution in [-0.2, 0) is 9.53 Å². The summed E-state index contributed by atoms with van der Waals surface area (Å²) in [4.78, 5) is 12.2. The number of methoxy groups -OCH3 is 1. The SMILES string of the molecule is COC(C(=O)Nc1ccc(F)c(C#N)c1)c1ccccc1. The van der Waals surface area contributed by atoms with E-state index in [1.165, 1.54) is 19.2 Å². The minimum absolute atomic E-state index is 0.124. The number of rotatable bonds is 4. The predicted octanol–water partition coefficient (Wildman–Crippen LogP) is 3.02. The van der Waals surface area contributed by atoms with Crippen LogP contribution in [0.1, 0.15) is 17.2 Å². The van der Waals surface area contributed by atoms with Crippen LogP contribution < -0.4 is 5.32 Å². The summed E-state index contributed by atoms with van der Waals surface area (Å²) >= 11 is 0. The number of nitrogens with zero attached hydrogens (tertiary/aromatic N) is 1. The second-order valence-corrected chi connectivity index (χ2v) is 4.32. The summed E-state index contributed by atoms with van der Waals surface area (Å²) < 4.78 is 18.4. The summed E-state index contributed by atoms with van der Waals surface area (Å²) in [6, 6.07) is 14.5. The van der Waals surface area contributed by atoms with Crippen LogP contribution in [0.5, 0.6) is 0 Å². The largest absolute Gasteiger partial charge is 0.367 e. The quantitative estimate of drug-likeness (QED) is 0.938. The van der Waals surface area contributed by atoms with Crippen LogP contribution in [0.3, 0.4) is 0 Å². The summed E-state index contributed by atoms with van der Waals surface area (Å²) in [5.41, 5.74) is 0.928. The van der Waals surface area contributed by atoms with Crippen molar-refractivity contribution in [1.29, 1.82) is 5.26 Å². The maximum absolute atomic E-state index is 13.2. The molecule has 0 saturated heterocycles. The number of carbonyl (C=O) groups is 1. The number of benzene rings is 2. The molecule has 1 N–H and O–H groups in total. The van der Waals surface area contributed by atoms with Gasteiger partial charge in [-0.1, -0.05) is 30.3 Å².